The molecule has 1 N–H and O–H groups in total. The third-order valence-corrected chi connectivity index (χ3v) is 3.80. The Morgan fingerprint density at radius 1 is 1.16 bits per heavy atom. The van der Waals surface area contributed by atoms with Gasteiger partial charge in [-0.3, -0.25) is 0 Å². The third kappa shape index (κ3) is 4.20. The van der Waals surface area contributed by atoms with Crippen LogP contribution in [0, 0.1) is 0 Å². The lowest BCUT2D eigenvalue weighted by atomic mass is 10.1. The first-order chi connectivity index (χ1) is 9.19. The molecule has 2 heterocycles. The van der Waals surface area contributed by atoms with E-state index in [0.29, 0.717) is 11.1 Å². The Balaban J connectivity index is 2.04. The summed E-state index contributed by atoms with van der Waals surface area (Å²) in [5.74, 6) is 0. The molecule has 0 radical (unpaired) electrons. The van der Waals surface area contributed by atoms with E-state index in [4.69, 9.17) is 11.6 Å². The van der Waals surface area contributed by atoms with Gasteiger partial charge in [0.25, 0.3) is 0 Å². The summed E-state index contributed by atoms with van der Waals surface area (Å²) in [7, 11) is 0. The molecule has 0 aliphatic heterocycles. The molecule has 19 heavy (non-hydrogen) atoms. The van der Waals surface area contributed by atoms with Crippen LogP contribution in [-0.4, -0.2) is 16.5 Å². The predicted octanol–water partition coefficient (Wildman–Crippen LogP) is 3.95. The number of aromatic nitrogens is 2. The number of pyridine rings is 2. The zero-order valence-corrected chi connectivity index (χ0v) is 12.5. The van der Waals surface area contributed by atoms with E-state index in [2.05, 4.69) is 35.2 Å². The first kappa shape index (κ1) is 14.3. The first-order valence-electron chi connectivity index (χ1n) is 6.17. The second-order valence-corrected chi connectivity index (χ2v) is 5.60. The van der Waals surface area contributed by atoms with Gasteiger partial charge in [-0.1, -0.05) is 36.4 Å². The van der Waals surface area contributed by atoms with Crippen molar-refractivity contribution in [2.24, 2.45) is 0 Å². The topological polar surface area (TPSA) is 37.8 Å². The summed E-state index contributed by atoms with van der Waals surface area (Å²) in [6.45, 7) is 5.18. The average molecular weight is 294 g/mol. The van der Waals surface area contributed by atoms with Crippen molar-refractivity contribution in [2.75, 3.05) is 6.54 Å². The Kier molecular flexibility index (Phi) is 5.19. The Morgan fingerprint density at radius 2 is 1.84 bits per heavy atom. The largest absolute Gasteiger partial charge is 0.310 e. The maximum Gasteiger partial charge on any atom is 0.102 e. The molecule has 0 bridgehead atoms. The van der Waals surface area contributed by atoms with Gasteiger partial charge < -0.3 is 5.32 Å². The monoisotopic (exact) mass is 293 g/mol. The summed E-state index contributed by atoms with van der Waals surface area (Å²) in [4.78, 5) is 8.69. The molecule has 0 amide bonds. The molecule has 0 aliphatic carbocycles. The van der Waals surface area contributed by atoms with Crippen LogP contribution in [0.3, 0.4) is 0 Å². The summed E-state index contributed by atoms with van der Waals surface area (Å²) in [6.07, 6.45) is 3.55. The fourth-order valence-corrected chi connectivity index (χ4v) is 2.47. The number of nitrogens with one attached hydrogen (secondary N) is 1. The fourth-order valence-electron chi connectivity index (χ4n) is 1.66. The second-order valence-electron chi connectivity index (χ2n) is 4.13. The minimum Gasteiger partial charge on any atom is -0.310 e. The summed E-state index contributed by atoms with van der Waals surface area (Å²) in [6, 6.07) is 8.16. The van der Waals surface area contributed by atoms with Crippen molar-refractivity contribution in [3.05, 3.63) is 47.2 Å². The number of hydrogen-bond donors (Lipinski definition) is 1. The van der Waals surface area contributed by atoms with Crippen LogP contribution in [-0.2, 0) is 0 Å². The van der Waals surface area contributed by atoms with Crippen molar-refractivity contribution >= 4 is 23.4 Å². The smallest absolute Gasteiger partial charge is 0.102 e. The Morgan fingerprint density at radius 3 is 2.37 bits per heavy atom. The van der Waals surface area contributed by atoms with E-state index in [-0.39, 0.29) is 0 Å². The molecule has 2 rings (SSSR count). The van der Waals surface area contributed by atoms with Crippen molar-refractivity contribution in [3.63, 3.8) is 0 Å². The van der Waals surface area contributed by atoms with Crippen molar-refractivity contribution in [1.82, 2.24) is 15.3 Å². The predicted molar refractivity (Wildman–Crippen MR) is 79.7 cm³/mol. The lowest BCUT2D eigenvalue weighted by Crippen LogP contribution is -2.17. The maximum absolute atomic E-state index is 5.81. The quantitative estimate of drug-likeness (QED) is 0.906. The van der Waals surface area contributed by atoms with Crippen LogP contribution >= 0.6 is 23.4 Å². The van der Waals surface area contributed by atoms with Crippen LogP contribution in [0.15, 0.2) is 46.7 Å². The van der Waals surface area contributed by atoms with Gasteiger partial charge in [-0.25, -0.2) is 9.97 Å². The zero-order chi connectivity index (χ0) is 13.7. The molecule has 0 aromatic carbocycles. The van der Waals surface area contributed by atoms with Gasteiger partial charge in [0.2, 0.25) is 0 Å². The summed E-state index contributed by atoms with van der Waals surface area (Å²) in [5, 5.41) is 5.83. The minimum absolute atomic E-state index is 0.324. The number of hydrogen-bond acceptors (Lipinski definition) is 4. The van der Waals surface area contributed by atoms with Crippen molar-refractivity contribution < 1.29 is 0 Å². The number of nitrogens with zero attached hydrogens (tertiary/aromatic N) is 2. The van der Waals surface area contributed by atoms with E-state index in [1.165, 1.54) is 17.3 Å². The zero-order valence-electron chi connectivity index (χ0n) is 10.9. The van der Waals surface area contributed by atoms with E-state index in [1.807, 2.05) is 24.4 Å². The third-order valence-electron chi connectivity index (χ3n) is 2.68. The van der Waals surface area contributed by atoms with Crippen LogP contribution < -0.4 is 5.32 Å². The molecule has 2 aromatic rings. The Labute approximate surface area is 122 Å². The standard InChI is InChI=1S/C14H16ClN3S/c1-3-16-10(2)11-4-6-13(17-8-11)19-14-7-5-12(15)9-18-14/h4-10,16H,3H2,1-2H3. The van der Waals surface area contributed by atoms with Crippen LogP contribution in [0.2, 0.25) is 5.02 Å². The molecular weight excluding hydrogens is 278 g/mol. The lowest BCUT2D eigenvalue weighted by Gasteiger charge is -2.12. The normalized spacial score (nSPS) is 12.4. The summed E-state index contributed by atoms with van der Waals surface area (Å²) in [5.41, 5.74) is 1.19. The molecule has 1 unspecified atom stereocenters. The molecule has 2 aromatic heterocycles. The summed E-state index contributed by atoms with van der Waals surface area (Å²) < 4.78 is 0. The van der Waals surface area contributed by atoms with Crippen molar-refractivity contribution in [2.45, 2.75) is 29.9 Å². The van der Waals surface area contributed by atoms with Gasteiger partial charge in [0.15, 0.2) is 0 Å². The second kappa shape index (κ2) is 6.89. The van der Waals surface area contributed by atoms with Gasteiger partial charge in [-0.05, 0) is 37.2 Å². The van der Waals surface area contributed by atoms with Gasteiger partial charge in [-0.15, -0.1) is 0 Å². The molecule has 0 spiro atoms. The van der Waals surface area contributed by atoms with E-state index in [1.54, 1.807) is 6.20 Å². The number of rotatable bonds is 5. The molecule has 1 atom stereocenters. The van der Waals surface area contributed by atoms with Crippen LogP contribution in [0.4, 0.5) is 0 Å². The van der Waals surface area contributed by atoms with Gasteiger partial charge in [0.1, 0.15) is 10.1 Å². The van der Waals surface area contributed by atoms with Gasteiger partial charge in [0.05, 0.1) is 5.02 Å². The highest BCUT2D eigenvalue weighted by atomic mass is 35.5. The van der Waals surface area contributed by atoms with Crippen LogP contribution in [0.5, 0.6) is 0 Å². The average Bonchev–Trinajstić information content (AvgIpc) is 2.42. The summed E-state index contributed by atoms with van der Waals surface area (Å²) >= 11 is 7.33. The van der Waals surface area contributed by atoms with E-state index in [9.17, 15) is 0 Å². The van der Waals surface area contributed by atoms with Crippen molar-refractivity contribution in [3.8, 4) is 0 Å². The van der Waals surface area contributed by atoms with E-state index < -0.39 is 0 Å². The highest BCUT2D eigenvalue weighted by molar-refractivity contribution is 7.99. The SMILES string of the molecule is CCNC(C)c1ccc(Sc2ccc(Cl)cn2)nc1. The van der Waals surface area contributed by atoms with Crippen molar-refractivity contribution in [1.29, 1.82) is 0 Å². The van der Waals surface area contributed by atoms with Crippen LogP contribution in [0.25, 0.3) is 0 Å². The van der Waals surface area contributed by atoms with Crippen LogP contribution in [0.1, 0.15) is 25.5 Å². The lowest BCUT2D eigenvalue weighted by molar-refractivity contribution is 0.595. The molecular formula is C14H16ClN3S. The first-order valence-corrected chi connectivity index (χ1v) is 7.37. The highest BCUT2D eigenvalue weighted by Gasteiger charge is 2.05. The maximum atomic E-state index is 5.81. The molecule has 5 heteroatoms. The fraction of sp³-hybridized carbons (Fsp3) is 0.286. The Hall–Kier alpha value is -1.10. The van der Waals surface area contributed by atoms with E-state index >= 15 is 0 Å². The van der Waals surface area contributed by atoms with Gasteiger partial charge in [0, 0.05) is 18.4 Å². The number of halogens is 1. The minimum atomic E-state index is 0.324. The molecule has 100 valence electrons. The molecule has 3 nitrogen and oxygen atoms in total. The Bertz CT molecular complexity index is 513. The van der Waals surface area contributed by atoms with Gasteiger partial charge >= 0.3 is 0 Å². The van der Waals surface area contributed by atoms with Gasteiger partial charge in [-0.2, -0.15) is 0 Å². The molecule has 0 fully saturated rings. The highest BCUT2D eigenvalue weighted by Crippen LogP contribution is 2.25. The molecule has 0 saturated carbocycles. The molecule has 0 aliphatic rings. The van der Waals surface area contributed by atoms with E-state index in [0.717, 1.165) is 16.6 Å². The molecule has 0 saturated heterocycles.